The SMILES string of the molecule is C#CCOC(=O)NC[C@@H]1C[C@@H]2c3cccc4[nH]cc(c34)C[C@H]2N(C)C1.O=C(O)C(O)C(O)C(=O)O. The molecule has 1 saturated heterocycles. The standard InChI is InChI=1S/C20H23N3O2.C4H6O6/c1-3-7-25-20(24)22-10-13-8-16-15-5-4-6-17-19(15)14(11-21-17)9-18(16)23(2)12-13;5-1(3(7)8)2(6)4(9)10/h1,4-6,11,13,16,18,21H,7-10,12H2,2H3,(H,22,24);1-2,5-6H,(H,7,8)(H,9,10)/t13-,16+,18+;/m0./s1. The molecular weight excluding hydrogens is 458 g/mol. The van der Waals surface area contributed by atoms with Crippen molar-refractivity contribution in [2.45, 2.75) is 37.0 Å². The molecule has 2 aromatic rings. The minimum Gasteiger partial charge on any atom is -0.479 e. The third-order valence-electron chi connectivity index (χ3n) is 6.44. The van der Waals surface area contributed by atoms with E-state index < -0.39 is 30.2 Å². The molecule has 0 spiro atoms. The number of amides is 1. The van der Waals surface area contributed by atoms with Crippen LogP contribution >= 0.6 is 0 Å². The number of nitrogens with one attached hydrogen (secondary N) is 2. The number of benzene rings is 1. The average Bonchev–Trinajstić information content (AvgIpc) is 3.25. The molecule has 188 valence electrons. The number of terminal acetylenes is 1. The predicted octanol–water partition coefficient (Wildman–Crippen LogP) is 0.365. The molecule has 0 radical (unpaired) electrons. The number of piperidine rings is 1. The van der Waals surface area contributed by atoms with E-state index in [2.05, 4.69) is 52.6 Å². The van der Waals surface area contributed by atoms with Gasteiger partial charge < -0.3 is 40.4 Å². The van der Waals surface area contributed by atoms with Crippen LogP contribution in [0.25, 0.3) is 10.9 Å². The van der Waals surface area contributed by atoms with Gasteiger partial charge in [0.25, 0.3) is 0 Å². The smallest absolute Gasteiger partial charge is 0.408 e. The minimum absolute atomic E-state index is 0.0133. The summed E-state index contributed by atoms with van der Waals surface area (Å²) in [6.45, 7) is 1.61. The average molecular weight is 488 g/mol. The fourth-order valence-corrected chi connectivity index (χ4v) is 4.86. The molecule has 5 atom stereocenters. The van der Waals surface area contributed by atoms with E-state index in [0.29, 0.717) is 24.4 Å². The highest BCUT2D eigenvalue weighted by Gasteiger charge is 2.39. The molecule has 0 bridgehead atoms. The summed E-state index contributed by atoms with van der Waals surface area (Å²) < 4.78 is 4.89. The molecule has 2 heterocycles. The molecular formula is C24H29N3O8. The lowest BCUT2D eigenvalue weighted by atomic mass is 9.72. The number of aliphatic carboxylic acids is 2. The van der Waals surface area contributed by atoms with Gasteiger partial charge in [0, 0.05) is 42.1 Å². The summed E-state index contributed by atoms with van der Waals surface area (Å²) in [4.78, 5) is 37.0. The maximum atomic E-state index is 11.6. The van der Waals surface area contributed by atoms with E-state index in [1.54, 1.807) is 0 Å². The molecule has 0 saturated carbocycles. The van der Waals surface area contributed by atoms with Gasteiger partial charge in [-0.3, -0.25) is 0 Å². The lowest BCUT2D eigenvalue weighted by molar-refractivity contribution is -0.165. The lowest BCUT2D eigenvalue weighted by Crippen LogP contribution is -2.50. The molecule has 2 aliphatic rings. The van der Waals surface area contributed by atoms with E-state index in [1.165, 1.54) is 22.0 Å². The second-order valence-corrected chi connectivity index (χ2v) is 8.73. The molecule has 1 aliphatic carbocycles. The first kappa shape index (κ1) is 26.0. The summed E-state index contributed by atoms with van der Waals surface area (Å²) in [7, 11) is 2.19. The van der Waals surface area contributed by atoms with Gasteiger partial charge in [-0.2, -0.15) is 0 Å². The summed E-state index contributed by atoms with van der Waals surface area (Å²) in [6.07, 6.45) is 4.47. The highest BCUT2D eigenvalue weighted by molar-refractivity contribution is 5.88. The molecule has 1 aliphatic heterocycles. The van der Waals surface area contributed by atoms with E-state index in [4.69, 9.17) is 31.6 Å². The zero-order chi connectivity index (χ0) is 25.7. The van der Waals surface area contributed by atoms with Crippen molar-refractivity contribution in [1.29, 1.82) is 0 Å². The maximum Gasteiger partial charge on any atom is 0.408 e. The number of hydrogen-bond acceptors (Lipinski definition) is 7. The van der Waals surface area contributed by atoms with Crippen LogP contribution in [0.4, 0.5) is 4.79 Å². The highest BCUT2D eigenvalue weighted by Crippen LogP contribution is 2.44. The summed E-state index contributed by atoms with van der Waals surface area (Å²) >= 11 is 0. The second-order valence-electron chi connectivity index (χ2n) is 8.73. The van der Waals surface area contributed by atoms with Crippen molar-refractivity contribution in [3.8, 4) is 12.3 Å². The number of H-pyrrole nitrogens is 1. The third kappa shape index (κ3) is 5.92. The first-order chi connectivity index (χ1) is 16.6. The van der Waals surface area contributed by atoms with Crippen LogP contribution in [-0.2, 0) is 20.7 Å². The van der Waals surface area contributed by atoms with Crippen molar-refractivity contribution in [2.75, 3.05) is 26.7 Å². The lowest BCUT2D eigenvalue weighted by Gasteiger charge is -2.45. The Morgan fingerprint density at radius 2 is 1.94 bits per heavy atom. The number of hydrogen-bond donors (Lipinski definition) is 6. The quantitative estimate of drug-likeness (QED) is 0.315. The number of aliphatic hydroxyl groups excluding tert-OH is 2. The zero-order valence-electron chi connectivity index (χ0n) is 19.2. The summed E-state index contributed by atoms with van der Waals surface area (Å²) in [5.74, 6) is -0.330. The topological polar surface area (TPSA) is 172 Å². The number of carboxylic acid groups (broad SMARTS) is 2. The second kappa shape index (κ2) is 11.2. The number of likely N-dealkylation sites (tertiary alicyclic amines) is 1. The van der Waals surface area contributed by atoms with E-state index in [9.17, 15) is 14.4 Å². The van der Waals surface area contributed by atoms with Crippen molar-refractivity contribution < 1.29 is 39.5 Å². The molecule has 4 rings (SSSR count). The van der Waals surface area contributed by atoms with Gasteiger partial charge in [0.2, 0.25) is 0 Å². The maximum absolute atomic E-state index is 11.6. The van der Waals surface area contributed by atoms with E-state index >= 15 is 0 Å². The summed E-state index contributed by atoms with van der Waals surface area (Å²) in [5, 5.41) is 36.8. The first-order valence-corrected chi connectivity index (χ1v) is 11.1. The molecule has 1 aromatic carbocycles. The molecule has 35 heavy (non-hydrogen) atoms. The van der Waals surface area contributed by atoms with E-state index in [0.717, 1.165) is 19.4 Å². The van der Waals surface area contributed by atoms with Crippen molar-refractivity contribution in [3.63, 3.8) is 0 Å². The third-order valence-corrected chi connectivity index (χ3v) is 6.44. The van der Waals surface area contributed by atoms with Crippen molar-refractivity contribution >= 4 is 28.9 Å². The van der Waals surface area contributed by atoms with Crippen molar-refractivity contribution in [3.05, 3.63) is 35.5 Å². The molecule has 1 aromatic heterocycles. The number of carboxylic acids is 2. The Morgan fingerprint density at radius 3 is 2.57 bits per heavy atom. The number of carbonyl (C=O) groups is 3. The van der Waals surface area contributed by atoms with Gasteiger partial charge in [-0.25, -0.2) is 14.4 Å². The van der Waals surface area contributed by atoms with Crippen LogP contribution in [0.3, 0.4) is 0 Å². The van der Waals surface area contributed by atoms with Crippen LogP contribution in [0.2, 0.25) is 0 Å². The Kier molecular flexibility index (Phi) is 8.34. The summed E-state index contributed by atoms with van der Waals surface area (Å²) in [5.41, 5.74) is 4.09. The van der Waals surface area contributed by atoms with Crippen molar-refractivity contribution in [1.82, 2.24) is 15.2 Å². The Bertz CT molecular complexity index is 1110. The van der Waals surface area contributed by atoms with Gasteiger partial charge >= 0.3 is 18.0 Å². The van der Waals surface area contributed by atoms with Crippen LogP contribution in [0.1, 0.15) is 23.5 Å². The molecule has 11 heteroatoms. The number of aliphatic hydroxyl groups is 2. The van der Waals surface area contributed by atoms with Crippen LogP contribution in [-0.4, -0.2) is 93.3 Å². The van der Waals surface area contributed by atoms with E-state index in [-0.39, 0.29) is 6.61 Å². The zero-order valence-corrected chi connectivity index (χ0v) is 19.2. The Labute approximate surface area is 201 Å². The Balaban J connectivity index is 0.000000292. The number of fused-ring (bicyclic) bond motifs is 2. The van der Waals surface area contributed by atoms with Gasteiger partial charge in [-0.1, -0.05) is 18.1 Å². The highest BCUT2D eigenvalue weighted by atomic mass is 16.5. The molecule has 11 nitrogen and oxygen atoms in total. The van der Waals surface area contributed by atoms with Crippen LogP contribution in [0, 0.1) is 18.3 Å². The monoisotopic (exact) mass is 487 g/mol. The minimum atomic E-state index is -2.27. The Hall–Kier alpha value is -3.59. The molecule has 6 N–H and O–H groups in total. The molecule has 1 fully saturated rings. The predicted molar refractivity (Wildman–Crippen MR) is 125 cm³/mol. The number of alkyl carbamates (subject to hydrolysis) is 1. The van der Waals surface area contributed by atoms with Crippen molar-refractivity contribution in [2.24, 2.45) is 5.92 Å². The first-order valence-electron chi connectivity index (χ1n) is 11.1. The normalized spacial score (nSPS) is 22.5. The van der Waals surface area contributed by atoms with Gasteiger partial charge in [-0.05, 0) is 43.0 Å². The number of aromatic amines is 1. The van der Waals surface area contributed by atoms with Crippen LogP contribution in [0.15, 0.2) is 24.4 Å². The van der Waals surface area contributed by atoms with Crippen LogP contribution in [0.5, 0.6) is 0 Å². The number of carbonyl (C=O) groups excluding carboxylic acids is 1. The van der Waals surface area contributed by atoms with Crippen LogP contribution < -0.4 is 5.32 Å². The largest absolute Gasteiger partial charge is 0.479 e. The molecule has 2 unspecified atom stereocenters. The number of rotatable bonds is 6. The van der Waals surface area contributed by atoms with Gasteiger partial charge in [0.1, 0.15) is 0 Å². The van der Waals surface area contributed by atoms with Gasteiger partial charge in [0.05, 0.1) is 0 Å². The van der Waals surface area contributed by atoms with Gasteiger partial charge in [-0.15, -0.1) is 6.42 Å². The summed E-state index contributed by atoms with van der Waals surface area (Å²) in [6, 6.07) is 7.08. The Morgan fingerprint density at radius 1 is 1.26 bits per heavy atom. The fraction of sp³-hybridized carbons (Fsp3) is 0.458. The van der Waals surface area contributed by atoms with E-state index in [1.807, 2.05) is 0 Å². The number of aromatic nitrogens is 1. The van der Waals surface area contributed by atoms with Gasteiger partial charge in [0.15, 0.2) is 18.8 Å². The molecule has 1 amide bonds. The number of likely N-dealkylation sites (N-methyl/N-ethyl adjacent to an activating group) is 1. The fourth-order valence-electron chi connectivity index (χ4n) is 4.86. The number of ether oxygens (including phenoxy) is 1. The number of nitrogens with zero attached hydrogens (tertiary/aromatic N) is 1.